The summed E-state index contributed by atoms with van der Waals surface area (Å²) in [6.45, 7) is 14.1. The Morgan fingerprint density at radius 2 is 1.71 bits per heavy atom. The van der Waals surface area contributed by atoms with Crippen LogP contribution in [0.3, 0.4) is 0 Å². The van der Waals surface area contributed by atoms with Crippen molar-refractivity contribution in [2.45, 2.75) is 149 Å². The van der Waals surface area contributed by atoms with E-state index < -0.39 is 6.10 Å². The number of rotatable bonds is 7. The average molecular weight is 669 g/mol. The minimum absolute atomic E-state index is 0.0230. The Morgan fingerprint density at radius 3 is 2.44 bits per heavy atom. The van der Waals surface area contributed by atoms with Crippen LogP contribution < -0.4 is 0 Å². The number of carbonyl (C=O) groups is 2. The molecule has 8 aliphatic rings. The van der Waals surface area contributed by atoms with Crippen molar-refractivity contribution in [3.63, 3.8) is 0 Å². The second-order valence-electron chi connectivity index (χ2n) is 19.4. The van der Waals surface area contributed by atoms with Gasteiger partial charge in [-0.05, 0) is 122 Å². The van der Waals surface area contributed by atoms with E-state index in [4.69, 9.17) is 14.2 Å². The van der Waals surface area contributed by atoms with E-state index in [0.717, 1.165) is 19.3 Å². The second-order valence-corrected chi connectivity index (χ2v) is 19.4. The molecule has 8 nitrogen and oxygen atoms in total. The van der Waals surface area contributed by atoms with Gasteiger partial charge < -0.3 is 29.1 Å². The Morgan fingerprint density at radius 1 is 0.979 bits per heavy atom. The summed E-state index contributed by atoms with van der Waals surface area (Å²) < 4.78 is 19.9. The second kappa shape index (κ2) is 11.4. The highest BCUT2D eigenvalue weighted by Gasteiger charge is 2.84. The van der Waals surface area contributed by atoms with Crippen LogP contribution in [-0.4, -0.2) is 91.2 Å². The van der Waals surface area contributed by atoms with Crippen LogP contribution in [0.25, 0.3) is 0 Å². The van der Waals surface area contributed by atoms with Gasteiger partial charge in [0.25, 0.3) is 0 Å². The van der Waals surface area contributed by atoms with E-state index >= 15 is 0 Å². The van der Waals surface area contributed by atoms with Crippen molar-refractivity contribution in [3.8, 4) is 0 Å². The molecule has 0 radical (unpaired) electrons. The number of fused-ring (bicyclic) bond motifs is 4. The summed E-state index contributed by atoms with van der Waals surface area (Å²) in [5.41, 5.74) is 0.522. The van der Waals surface area contributed by atoms with Crippen molar-refractivity contribution in [2.24, 2.45) is 56.7 Å². The predicted octanol–water partition coefficient (Wildman–Crippen LogP) is 6.04. The van der Waals surface area contributed by atoms with Gasteiger partial charge >= 0.3 is 0 Å². The van der Waals surface area contributed by atoms with Crippen molar-refractivity contribution in [2.75, 3.05) is 33.8 Å². The fourth-order valence-electron chi connectivity index (χ4n) is 14.1. The molecule has 2 spiro atoms. The summed E-state index contributed by atoms with van der Waals surface area (Å²) in [7, 11) is 3.65. The van der Waals surface area contributed by atoms with Gasteiger partial charge in [-0.2, -0.15) is 0 Å². The maximum Gasteiger partial charge on any atom is 0.223 e. The van der Waals surface area contributed by atoms with Crippen LogP contribution in [0.15, 0.2) is 0 Å². The van der Waals surface area contributed by atoms with Gasteiger partial charge in [-0.1, -0.05) is 34.6 Å². The summed E-state index contributed by atoms with van der Waals surface area (Å²) in [5.74, 6) is 2.95. The Labute approximate surface area is 289 Å². The molecule has 0 aromatic rings. The third-order valence-electron chi connectivity index (χ3n) is 16.9. The van der Waals surface area contributed by atoms with E-state index in [9.17, 15) is 14.7 Å². The zero-order valence-electron chi connectivity index (χ0n) is 31.0. The molecule has 0 bridgehead atoms. The lowest BCUT2D eigenvalue weighted by Crippen LogP contribution is -2.60. The van der Waals surface area contributed by atoms with E-state index in [1.165, 1.54) is 51.4 Å². The smallest absolute Gasteiger partial charge is 0.223 e. The molecule has 2 saturated heterocycles. The normalized spacial score (nSPS) is 50.3. The van der Waals surface area contributed by atoms with Gasteiger partial charge in [-0.25, -0.2) is 0 Å². The molecule has 270 valence electrons. The number of amides is 2. The van der Waals surface area contributed by atoms with Gasteiger partial charge in [0, 0.05) is 38.9 Å². The highest BCUT2D eigenvalue weighted by molar-refractivity contribution is 5.77. The zero-order chi connectivity index (χ0) is 34.0. The Bertz CT molecular complexity index is 1300. The molecule has 48 heavy (non-hydrogen) atoms. The fraction of sp³-hybridized carbons (Fsp3) is 0.950. The Hall–Kier alpha value is -1.22. The van der Waals surface area contributed by atoms with E-state index in [2.05, 4.69) is 34.6 Å². The Balaban J connectivity index is 0.981. The minimum Gasteiger partial charge on any atom is -0.390 e. The molecule has 6 saturated carbocycles. The van der Waals surface area contributed by atoms with Gasteiger partial charge in [-0.15, -0.1) is 0 Å². The number of aliphatic hydroxyl groups excluding tert-OH is 1. The maximum absolute atomic E-state index is 12.9. The van der Waals surface area contributed by atoms with Gasteiger partial charge in [0.15, 0.2) is 6.29 Å². The van der Waals surface area contributed by atoms with Crippen molar-refractivity contribution in [1.29, 1.82) is 0 Å². The third kappa shape index (κ3) is 4.72. The molecule has 8 rings (SSSR count). The maximum atomic E-state index is 12.9. The highest BCUT2D eigenvalue weighted by atomic mass is 16.7. The van der Waals surface area contributed by atoms with E-state index in [1.54, 1.807) is 4.90 Å². The number of ether oxygens (including phenoxy) is 3. The number of aliphatic hydroxyl groups is 1. The number of hydrogen-bond acceptors (Lipinski definition) is 6. The van der Waals surface area contributed by atoms with Crippen LogP contribution in [0.4, 0.5) is 0 Å². The first-order chi connectivity index (χ1) is 22.7. The molecule has 0 aromatic carbocycles. The molecule has 8 fully saturated rings. The van der Waals surface area contributed by atoms with Crippen molar-refractivity contribution in [1.82, 2.24) is 9.80 Å². The monoisotopic (exact) mass is 668 g/mol. The highest BCUT2D eigenvalue weighted by Crippen LogP contribution is 2.89. The van der Waals surface area contributed by atoms with E-state index in [1.807, 2.05) is 19.0 Å². The van der Waals surface area contributed by atoms with E-state index in [-0.39, 0.29) is 52.7 Å². The standard InChI is InChI=1S/C40H64N2O6/c1-24-20-26(10-13-30(43)41(6)7)47-34-33(24)37(4)16-17-40-23-39(40)15-14-29(36(2,3)27(39)11-12-28(40)38(37,5)35(34)45)48-32-22-42(18-19-46-32)31(44)21-25-8-9-25/h24-29,32-35,45H,8-23H2,1-7H3/t24-,26?,27+,28?,29?,32?,33+,34?,35+,37?,38-,39?,40?/m1/s1. The lowest BCUT2D eigenvalue weighted by atomic mass is 9.41. The summed E-state index contributed by atoms with van der Waals surface area (Å²) in [6.07, 6.45) is 12.9. The third-order valence-corrected chi connectivity index (χ3v) is 16.9. The first kappa shape index (κ1) is 33.9. The van der Waals surface area contributed by atoms with Crippen LogP contribution in [-0.2, 0) is 23.8 Å². The number of morpholine rings is 1. The zero-order valence-corrected chi connectivity index (χ0v) is 31.0. The van der Waals surface area contributed by atoms with Gasteiger partial charge in [0.2, 0.25) is 11.8 Å². The molecule has 6 aliphatic carbocycles. The van der Waals surface area contributed by atoms with Gasteiger partial charge in [0.1, 0.15) is 0 Å². The summed E-state index contributed by atoms with van der Waals surface area (Å²) >= 11 is 0. The fourth-order valence-corrected chi connectivity index (χ4v) is 14.1. The average Bonchev–Trinajstić information content (AvgIpc) is 3.96. The van der Waals surface area contributed by atoms with Crippen LogP contribution in [0.5, 0.6) is 0 Å². The lowest BCUT2D eigenvalue weighted by Gasteiger charge is -2.64. The van der Waals surface area contributed by atoms with Gasteiger partial charge in [0.05, 0.1) is 37.6 Å². The van der Waals surface area contributed by atoms with E-state index in [0.29, 0.717) is 73.0 Å². The quantitative estimate of drug-likeness (QED) is 0.356. The summed E-state index contributed by atoms with van der Waals surface area (Å²) in [4.78, 5) is 29.0. The molecule has 2 aliphatic heterocycles. The molecular formula is C40H64N2O6. The molecule has 13 atom stereocenters. The summed E-state index contributed by atoms with van der Waals surface area (Å²) in [6, 6.07) is 0. The molecular weight excluding hydrogens is 604 g/mol. The van der Waals surface area contributed by atoms with Crippen LogP contribution >= 0.6 is 0 Å². The molecule has 2 heterocycles. The van der Waals surface area contributed by atoms with Crippen molar-refractivity contribution in [3.05, 3.63) is 0 Å². The van der Waals surface area contributed by atoms with Gasteiger partial charge in [-0.3, -0.25) is 9.59 Å². The number of nitrogens with zero attached hydrogens (tertiary/aromatic N) is 2. The van der Waals surface area contributed by atoms with Crippen LogP contribution in [0.2, 0.25) is 0 Å². The van der Waals surface area contributed by atoms with Crippen LogP contribution in [0, 0.1) is 56.7 Å². The first-order valence-electron chi connectivity index (χ1n) is 19.8. The SMILES string of the molecule is C[C@@H]1CC(CCC(=O)N(C)C)OC2[C@H]1C1(C)CCC34CC35CCC(OC3CN(C(=O)CC6CC6)CCO3)C(C)(C)[C@@H]5CCC4[C@]1(C)[C@H]2O. The molecule has 8 heteroatoms. The van der Waals surface area contributed by atoms with Crippen LogP contribution in [0.1, 0.15) is 118 Å². The molecule has 0 aromatic heterocycles. The molecule has 8 unspecified atom stereocenters. The predicted molar refractivity (Wildman–Crippen MR) is 183 cm³/mol. The number of carbonyl (C=O) groups excluding carboxylic acids is 2. The number of hydrogen-bond donors (Lipinski definition) is 1. The lowest BCUT2D eigenvalue weighted by molar-refractivity contribution is -0.248. The minimum atomic E-state index is -0.472. The molecule has 2 amide bonds. The molecule has 1 N–H and O–H groups in total. The largest absolute Gasteiger partial charge is 0.390 e. The van der Waals surface area contributed by atoms with Crippen molar-refractivity contribution >= 4 is 11.8 Å². The first-order valence-corrected chi connectivity index (χ1v) is 19.8. The van der Waals surface area contributed by atoms with Crippen molar-refractivity contribution < 1.29 is 28.9 Å². The topological polar surface area (TPSA) is 88.5 Å². The summed E-state index contributed by atoms with van der Waals surface area (Å²) in [5, 5.41) is 12.5. The Kier molecular flexibility index (Phi) is 8.04.